The van der Waals surface area contributed by atoms with Gasteiger partial charge in [-0.25, -0.2) is 0 Å². The first kappa shape index (κ1) is 14.2. The summed E-state index contributed by atoms with van der Waals surface area (Å²) in [6, 6.07) is -0.760. The van der Waals surface area contributed by atoms with Gasteiger partial charge in [0.25, 0.3) is 0 Å². The average Bonchev–Trinajstić information content (AvgIpc) is 2.24. The van der Waals surface area contributed by atoms with E-state index in [9.17, 15) is 14.4 Å². The van der Waals surface area contributed by atoms with Crippen molar-refractivity contribution in [1.29, 1.82) is 0 Å². The van der Waals surface area contributed by atoms with E-state index >= 15 is 0 Å². The van der Waals surface area contributed by atoms with Gasteiger partial charge in [-0.1, -0.05) is 13.0 Å². The van der Waals surface area contributed by atoms with E-state index in [1.54, 1.807) is 6.92 Å². The lowest BCUT2D eigenvalue weighted by atomic mass is 10.2. The van der Waals surface area contributed by atoms with E-state index in [1.807, 2.05) is 0 Å². The quantitative estimate of drug-likeness (QED) is 0.519. The summed E-state index contributed by atoms with van der Waals surface area (Å²) in [6.45, 7) is 4.66. The van der Waals surface area contributed by atoms with Crippen LogP contribution in [-0.4, -0.2) is 35.5 Å². The van der Waals surface area contributed by atoms with Crippen LogP contribution in [0.15, 0.2) is 12.7 Å². The third-order valence-corrected chi connectivity index (χ3v) is 1.79. The monoisotopic (exact) mass is 228 g/mol. The van der Waals surface area contributed by atoms with Crippen molar-refractivity contribution in [3.05, 3.63) is 12.7 Å². The maximum Gasteiger partial charge on any atom is 0.322 e. The molecule has 0 heterocycles. The fourth-order valence-corrected chi connectivity index (χ4v) is 0.980. The maximum atomic E-state index is 11.5. The first-order chi connectivity index (χ1) is 7.51. The van der Waals surface area contributed by atoms with Gasteiger partial charge in [0, 0.05) is 6.42 Å². The summed E-state index contributed by atoms with van der Waals surface area (Å²) in [5.41, 5.74) is 0. The second-order valence-corrected chi connectivity index (χ2v) is 3.11. The van der Waals surface area contributed by atoms with Crippen LogP contribution in [0.25, 0.3) is 0 Å². The Kier molecular flexibility index (Phi) is 6.58. The smallest absolute Gasteiger partial charge is 0.322 e. The molecule has 0 spiro atoms. The molecule has 1 atom stereocenters. The molecule has 2 amide bonds. The molecule has 0 aliphatic rings. The molecule has 0 aromatic rings. The van der Waals surface area contributed by atoms with Gasteiger partial charge in [-0.2, -0.15) is 0 Å². The zero-order chi connectivity index (χ0) is 12.6. The van der Waals surface area contributed by atoms with Gasteiger partial charge in [0.05, 0.1) is 0 Å². The number of carbonyl (C=O) groups excluding carboxylic acids is 2. The van der Waals surface area contributed by atoms with Crippen LogP contribution in [0.3, 0.4) is 0 Å². The Balaban J connectivity index is 4.28. The first-order valence-corrected chi connectivity index (χ1v) is 4.91. The topological polar surface area (TPSA) is 95.5 Å². The number of carbonyl (C=O) groups is 3. The highest BCUT2D eigenvalue weighted by atomic mass is 16.4. The predicted octanol–water partition coefficient (Wildman–Crippen LogP) is -0.342. The van der Waals surface area contributed by atoms with Gasteiger partial charge in [0.15, 0.2) is 0 Å². The van der Waals surface area contributed by atoms with Gasteiger partial charge < -0.3 is 15.7 Å². The number of rotatable bonds is 7. The molecule has 6 heteroatoms. The van der Waals surface area contributed by atoms with E-state index in [0.29, 0.717) is 0 Å². The van der Waals surface area contributed by atoms with Gasteiger partial charge in [-0.15, -0.1) is 6.58 Å². The summed E-state index contributed by atoms with van der Waals surface area (Å²) in [5.74, 6) is -1.92. The van der Waals surface area contributed by atoms with Crippen molar-refractivity contribution < 1.29 is 19.5 Å². The number of hydrogen-bond donors (Lipinski definition) is 3. The molecular formula is C10H16N2O4. The number of nitrogens with one attached hydrogen (secondary N) is 2. The molecule has 3 N–H and O–H groups in total. The van der Waals surface area contributed by atoms with Gasteiger partial charge in [-0.3, -0.25) is 14.4 Å². The van der Waals surface area contributed by atoms with Crippen LogP contribution in [0.2, 0.25) is 0 Å². The highest BCUT2D eigenvalue weighted by molar-refractivity contribution is 5.89. The fraction of sp³-hybridized carbons (Fsp3) is 0.500. The van der Waals surface area contributed by atoms with Crippen LogP contribution in [-0.2, 0) is 14.4 Å². The van der Waals surface area contributed by atoms with E-state index in [-0.39, 0.29) is 18.7 Å². The van der Waals surface area contributed by atoms with Gasteiger partial charge in [-0.05, 0) is 6.42 Å². The van der Waals surface area contributed by atoms with E-state index < -0.39 is 24.5 Å². The third kappa shape index (κ3) is 5.79. The van der Waals surface area contributed by atoms with Crippen LogP contribution in [0.1, 0.15) is 19.8 Å². The largest absolute Gasteiger partial charge is 0.480 e. The Morgan fingerprint density at radius 2 is 2.06 bits per heavy atom. The standard InChI is InChI=1S/C10H16N2O4/c1-3-5-7(12-8(13)4-2)10(16)11-6-9(14)15/h3,7H,1,4-6H2,2H3,(H,11,16)(H,12,13)(H,14,15). The molecule has 6 nitrogen and oxygen atoms in total. The molecule has 0 aromatic carbocycles. The van der Waals surface area contributed by atoms with E-state index in [1.165, 1.54) is 6.08 Å². The molecule has 0 aliphatic heterocycles. The minimum Gasteiger partial charge on any atom is -0.480 e. The summed E-state index contributed by atoms with van der Waals surface area (Å²) >= 11 is 0. The van der Waals surface area contributed by atoms with Gasteiger partial charge >= 0.3 is 5.97 Å². The average molecular weight is 228 g/mol. The van der Waals surface area contributed by atoms with Crippen molar-refractivity contribution in [2.45, 2.75) is 25.8 Å². The summed E-state index contributed by atoms with van der Waals surface area (Å²) in [7, 11) is 0. The Morgan fingerprint density at radius 3 is 2.50 bits per heavy atom. The zero-order valence-electron chi connectivity index (χ0n) is 9.16. The number of hydrogen-bond acceptors (Lipinski definition) is 3. The number of carboxylic acids is 1. The molecule has 16 heavy (non-hydrogen) atoms. The molecule has 0 saturated heterocycles. The SMILES string of the molecule is C=CCC(NC(=O)CC)C(=O)NCC(=O)O. The van der Waals surface area contributed by atoms with Crippen molar-refractivity contribution in [3.63, 3.8) is 0 Å². The van der Waals surface area contributed by atoms with Crippen LogP contribution >= 0.6 is 0 Å². The lowest BCUT2D eigenvalue weighted by molar-refractivity contribution is -0.138. The predicted molar refractivity (Wildman–Crippen MR) is 57.7 cm³/mol. The summed E-state index contributed by atoms with van der Waals surface area (Å²) in [5, 5.41) is 13.1. The minimum absolute atomic E-state index is 0.261. The molecule has 0 radical (unpaired) electrons. The first-order valence-electron chi connectivity index (χ1n) is 4.91. The highest BCUT2D eigenvalue weighted by Crippen LogP contribution is 1.94. The summed E-state index contributed by atoms with van der Waals surface area (Å²) in [6.07, 6.45) is 2.01. The van der Waals surface area contributed by atoms with Crippen molar-refractivity contribution in [2.75, 3.05) is 6.54 Å². The zero-order valence-corrected chi connectivity index (χ0v) is 9.16. The minimum atomic E-state index is -1.13. The lowest BCUT2D eigenvalue weighted by Gasteiger charge is -2.15. The summed E-state index contributed by atoms with van der Waals surface area (Å²) < 4.78 is 0. The van der Waals surface area contributed by atoms with Crippen molar-refractivity contribution >= 4 is 17.8 Å². The van der Waals surface area contributed by atoms with Crippen molar-refractivity contribution in [3.8, 4) is 0 Å². The number of amides is 2. The molecule has 1 unspecified atom stereocenters. The Bertz CT molecular complexity index is 289. The van der Waals surface area contributed by atoms with Crippen molar-refractivity contribution in [2.24, 2.45) is 0 Å². The van der Waals surface area contributed by atoms with Gasteiger partial charge in [0.1, 0.15) is 12.6 Å². The highest BCUT2D eigenvalue weighted by Gasteiger charge is 2.18. The molecule has 0 aliphatic carbocycles. The molecule has 0 rings (SSSR count). The Labute approximate surface area is 93.7 Å². The second kappa shape index (κ2) is 7.44. The van der Waals surface area contributed by atoms with Crippen LogP contribution in [0, 0.1) is 0 Å². The third-order valence-electron chi connectivity index (χ3n) is 1.79. The summed E-state index contributed by atoms with van der Waals surface area (Å²) in [4.78, 5) is 32.8. The normalized spacial score (nSPS) is 11.3. The molecular weight excluding hydrogens is 212 g/mol. The Hall–Kier alpha value is -1.85. The Morgan fingerprint density at radius 1 is 1.44 bits per heavy atom. The number of aliphatic carboxylic acids is 1. The van der Waals surface area contributed by atoms with E-state index in [4.69, 9.17) is 5.11 Å². The van der Waals surface area contributed by atoms with Gasteiger partial charge in [0.2, 0.25) is 11.8 Å². The number of carboxylic acid groups (broad SMARTS) is 1. The molecule has 0 fully saturated rings. The molecule has 0 aromatic heterocycles. The van der Waals surface area contributed by atoms with Crippen molar-refractivity contribution in [1.82, 2.24) is 10.6 Å². The van der Waals surface area contributed by atoms with E-state index in [2.05, 4.69) is 17.2 Å². The molecule has 0 saturated carbocycles. The molecule has 0 bridgehead atoms. The maximum absolute atomic E-state index is 11.5. The lowest BCUT2D eigenvalue weighted by Crippen LogP contribution is -2.47. The van der Waals surface area contributed by atoms with Crippen LogP contribution in [0.5, 0.6) is 0 Å². The van der Waals surface area contributed by atoms with Crippen LogP contribution in [0.4, 0.5) is 0 Å². The van der Waals surface area contributed by atoms with E-state index in [0.717, 1.165) is 0 Å². The van der Waals surface area contributed by atoms with Crippen LogP contribution < -0.4 is 10.6 Å². The molecule has 90 valence electrons. The second-order valence-electron chi connectivity index (χ2n) is 3.11. The fourth-order valence-electron chi connectivity index (χ4n) is 0.980.